The molecule has 0 N–H and O–H groups in total. The van der Waals surface area contributed by atoms with Gasteiger partial charge in [-0.25, -0.2) is 0 Å². The summed E-state index contributed by atoms with van der Waals surface area (Å²) in [6, 6.07) is 10.1. The quantitative estimate of drug-likeness (QED) is 0.594. The molecule has 0 fully saturated rings. The van der Waals surface area contributed by atoms with E-state index in [2.05, 4.69) is 17.0 Å². The summed E-state index contributed by atoms with van der Waals surface area (Å²) in [5.41, 5.74) is 2.19. The second kappa shape index (κ2) is 3.28. The highest BCUT2D eigenvalue weighted by molar-refractivity contribution is 5.78. The molecule has 0 saturated carbocycles. The van der Waals surface area contributed by atoms with Crippen molar-refractivity contribution in [2.75, 3.05) is 0 Å². The lowest BCUT2D eigenvalue weighted by atomic mass is 10.1. The zero-order valence-electron chi connectivity index (χ0n) is 7.20. The third kappa shape index (κ3) is 1.52. The van der Waals surface area contributed by atoms with Crippen molar-refractivity contribution >= 4 is 10.9 Å². The molecule has 0 atom stereocenters. The number of hydrogen-bond donors (Lipinski definition) is 0. The zero-order chi connectivity index (χ0) is 9.10. The molecule has 2 rings (SSSR count). The van der Waals surface area contributed by atoms with E-state index in [0.717, 1.165) is 10.9 Å². The molecule has 0 aliphatic heterocycles. The van der Waals surface area contributed by atoms with Gasteiger partial charge in [-0.05, 0) is 23.8 Å². The Bertz CT molecular complexity index is 466. The summed E-state index contributed by atoms with van der Waals surface area (Å²) in [6.07, 6.45) is 7.72. The van der Waals surface area contributed by atoms with E-state index >= 15 is 0 Å². The van der Waals surface area contributed by atoms with Gasteiger partial charge in [0.15, 0.2) is 0 Å². The maximum Gasteiger partial charge on any atom is 0.0702 e. The van der Waals surface area contributed by atoms with Crippen LogP contribution in [0.1, 0.15) is 5.56 Å². The first-order valence-electron chi connectivity index (χ1n) is 4.17. The zero-order valence-corrected chi connectivity index (χ0v) is 7.20. The Labute approximate surface area is 77.4 Å². The van der Waals surface area contributed by atoms with E-state index in [4.69, 9.17) is 6.42 Å². The van der Waals surface area contributed by atoms with Gasteiger partial charge in [-0.15, -0.1) is 12.3 Å². The lowest BCUT2D eigenvalue weighted by Crippen LogP contribution is -1.82. The van der Waals surface area contributed by atoms with Gasteiger partial charge in [0.25, 0.3) is 0 Å². The van der Waals surface area contributed by atoms with Gasteiger partial charge in [-0.3, -0.25) is 4.98 Å². The fourth-order valence-electron chi connectivity index (χ4n) is 1.35. The highest BCUT2D eigenvalue weighted by Gasteiger charge is 1.94. The van der Waals surface area contributed by atoms with E-state index in [9.17, 15) is 0 Å². The number of benzene rings is 1. The van der Waals surface area contributed by atoms with Gasteiger partial charge in [0, 0.05) is 18.0 Å². The normalized spacial score (nSPS) is 9.77. The van der Waals surface area contributed by atoms with E-state index in [1.807, 2.05) is 24.3 Å². The topological polar surface area (TPSA) is 12.9 Å². The van der Waals surface area contributed by atoms with Crippen molar-refractivity contribution in [3.05, 3.63) is 42.1 Å². The maximum atomic E-state index is 5.24. The molecule has 0 radical (unpaired) electrons. The number of nitrogens with zero attached hydrogens (tertiary/aromatic N) is 1. The largest absolute Gasteiger partial charge is 0.256 e. The van der Waals surface area contributed by atoms with Crippen molar-refractivity contribution < 1.29 is 0 Å². The van der Waals surface area contributed by atoms with Crippen molar-refractivity contribution in [3.63, 3.8) is 0 Å². The number of hydrogen-bond acceptors (Lipinski definition) is 1. The molecule has 1 heterocycles. The number of aromatic nitrogens is 1. The average molecular weight is 167 g/mol. The predicted molar refractivity (Wildman–Crippen MR) is 54.3 cm³/mol. The first kappa shape index (κ1) is 7.82. The molecule has 0 aliphatic carbocycles. The average Bonchev–Trinajstić information content (AvgIpc) is 2.18. The van der Waals surface area contributed by atoms with Gasteiger partial charge in [0.1, 0.15) is 0 Å². The van der Waals surface area contributed by atoms with Gasteiger partial charge < -0.3 is 0 Å². The van der Waals surface area contributed by atoms with Gasteiger partial charge in [0.05, 0.1) is 5.52 Å². The first-order chi connectivity index (χ1) is 6.40. The SMILES string of the molecule is C#CCc1ccc2ncccc2c1. The Morgan fingerprint density at radius 1 is 1.31 bits per heavy atom. The molecule has 0 spiro atoms. The number of fused-ring (bicyclic) bond motifs is 1. The van der Waals surface area contributed by atoms with Crippen LogP contribution in [0.25, 0.3) is 10.9 Å². The van der Waals surface area contributed by atoms with Crippen molar-refractivity contribution in [1.29, 1.82) is 0 Å². The Hall–Kier alpha value is -1.81. The molecule has 0 bridgehead atoms. The number of rotatable bonds is 1. The fourth-order valence-corrected chi connectivity index (χ4v) is 1.35. The third-order valence-corrected chi connectivity index (χ3v) is 1.97. The van der Waals surface area contributed by atoms with Gasteiger partial charge in [-0.1, -0.05) is 12.1 Å². The molecule has 2 aromatic rings. The fraction of sp³-hybridized carbons (Fsp3) is 0.0833. The minimum Gasteiger partial charge on any atom is -0.256 e. The van der Waals surface area contributed by atoms with Gasteiger partial charge >= 0.3 is 0 Å². The highest BCUT2D eigenvalue weighted by Crippen LogP contribution is 2.13. The van der Waals surface area contributed by atoms with Crippen molar-refractivity contribution in [2.45, 2.75) is 6.42 Å². The lowest BCUT2D eigenvalue weighted by Gasteiger charge is -1.98. The Morgan fingerprint density at radius 2 is 2.23 bits per heavy atom. The highest BCUT2D eigenvalue weighted by atomic mass is 14.6. The van der Waals surface area contributed by atoms with Crippen LogP contribution in [-0.4, -0.2) is 4.98 Å². The standard InChI is InChI=1S/C12H9N/c1-2-4-10-6-7-12-11(9-10)5-3-8-13-12/h1,3,5-9H,4H2. The minimum absolute atomic E-state index is 0.685. The Kier molecular flexibility index (Phi) is 1.97. The van der Waals surface area contributed by atoms with Gasteiger partial charge in [0.2, 0.25) is 0 Å². The maximum absolute atomic E-state index is 5.24. The second-order valence-corrected chi connectivity index (χ2v) is 2.91. The summed E-state index contributed by atoms with van der Waals surface area (Å²) in [5.74, 6) is 2.63. The Morgan fingerprint density at radius 3 is 3.08 bits per heavy atom. The summed E-state index contributed by atoms with van der Waals surface area (Å²) >= 11 is 0. The molecule has 1 heteroatoms. The van der Waals surface area contributed by atoms with Crippen LogP contribution >= 0.6 is 0 Å². The molecule has 13 heavy (non-hydrogen) atoms. The monoisotopic (exact) mass is 167 g/mol. The van der Waals surface area contributed by atoms with Crippen molar-refractivity contribution in [1.82, 2.24) is 4.98 Å². The summed E-state index contributed by atoms with van der Waals surface area (Å²) in [4.78, 5) is 4.23. The van der Waals surface area contributed by atoms with Crippen LogP contribution in [0.15, 0.2) is 36.5 Å². The van der Waals surface area contributed by atoms with Crippen LogP contribution in [-0.2, 0) is 6.42 Å². The molecule has 62 valence electrons. The summed E-state index contributed by atoms with van der Waals surface area (Å²) in [6.45, 7) is 0. The van der Waals surface area contributed by atoms with Crippen molar-refractivity contribution in [3.8, 4) is 12.3 Å². The molecular formula is C12H9N. The van der Waals surface area contributed by atoms with Crippen LogP contribution < -0.4 is 0 Å². The number of terminal acetylenes is 1. The predicted octanol–water partition coefficient (Wildman–Crippen LogP) is 2.41. The smallest absolute Gasteiger partial charge is 0.0702 e. The summed E-state index contributed by atoms with van der Waals surface area (Å²) < 4.78 is 0. The van der Waals surface area contributed by atoms with Crippen LogP contribution in [0.5, 0.6) is 0 Å². The van der Waals surface area contributed by atoms with Crippen LogP contribution in [0.3, 0.4) is 0 Å². The van der Waals surface area contributed by atoms with E-state index in [-0.39, 0.29) is 0 Å². The van der Waals surface area contributed by atoms with E-state index in [1.165, 1.54) is 5.56 Å². The van der Waals surface area contributed by atoms with E-state index in [0.29, 0.717) is 6.42 Å². The third-order valence-electron chi connectivity index (χ3n) is 1.97. The van der Waals surface area contributed by atoms with Gasteiger partial charge in [-0.2, -0.15) is 0 Å². The molecule has 0 aliphatic rings. The number of pyridine rings is 1. The van der Waals surface area contributed by atoms with E-state index < -0.39 is 0 Å². The molecule has 0 saturated heterocycles. The molecule has 1 aromatic carbocycles. The lowest BCUT2D eigenvalue weighted by molar-refractivity contribution is 1.32. The Balaban J connectivity index is 2.57. The van der Waals surface area contributed by atoms with E-state index in [1.54, 1.807) is 6.20 Å². The second-order valence-electron chi connectivity index (χ2n) is 2.91. The van der Waals surface area contributed by atoms with Crippen LogP contribution in [0.4, 0.5) is 0 Å². The van der Waals surface area contributed by atoms with Crippen LogP contribution in [0, 0.1) is 12.3 Å². The molecular weight excluding hydrogens is 158 g/mol. The molecule has 0 unspecified atom stereocenters. The minimum atomic E-state index is 0.685. The van der Waals surface area contributed by atoms with Crippen LogP contribution in [0.2, 0.25) is 0 Å². The first-order valence-corrected chi connectivity index (χ1v) is 4.17. The molecule has 0 amide bonds. The molecule has 1 aromatic heterocycles. The summed E-state index contributed by atoms with van der Waals surface area (Å²) in [5, 5.41) is 1.15. The molecule has 1 nitrogen and oxygen atoms in total. The summed E-state index contributed by atoms with van der Waals surface area (Å²) in [7, 11) is 0. The van der Waals surface area contributed by atoms with Crippen molar-refractivity contribution in [2.24, 2.45) is 0 Å².